The van der Waals surface area contributed by atoms with Gasteiger partial charge in [-0.2, -0.15) is 5.10 Å². The quantitative estimate of drug-likeness (QED) is 0.701. The molecule has 0 aromatic carbocycles. The maximum absolute atomic E-state index is 10.5. The van der Waals surface area contributed by atoms with Gasteiger partial charge < -0.3 is 10.2 Å². The Kier molecular flexibility index (Phi) is 2.32. The van der Waals surface area contributed by atoms with Crippen LogP contribution in [0.4, 0.5) is 0 Å². The van der Waals surface area contributed by atoms with Crippen molar-refractivity contribution in [2.75, 3.05) is 0 Å². The standard InChI is InChI=1S/C7H8N2O4/c1-4(6(10)11)9-3-2-5(8-9)7(12)13/h2-4H,1H3,(H,10,11)(H,12,13)/t4-/m0/s1. The van der Waals surface area contributed by atoms with E-state index < -0.39 is 18.0 Å². The van der Waals surface area contributed by atoms with E-state index in [4.69, 9.17) is 10.2 Å². The van der Waals surface area contributed by atoms with Crippen LogP contribution in [0.3, 0.4) is 0 Å². The molecular formula is C7H8N2O4. The van der Waals surface area contributed by atoms with Crippen LogP contribution < -0.4 is 0 Å². The molecule has 0 unspecified atom stereocenters. The van der Waals surface area contributed by atoms with Crippen LogP contribution in [0.15, 0.2) is 12.3 Å². The minimum Gasteiger partial charge on any atom is -0.480 e. The number of aromatic carboxylic acids is 1. The van der Waals surface area contributed by atoms with Crippen molar-refractivity contribution in [2.45, 2.75) is 13.0 Å². The van der Waals surface area contributed by atoms with E-state index >= 15 is 0 Å². The van der Waals surface area contributed by atoms with Crippen molar-refractivity contribution in [3.8, 4) is 0 Å². The number of carboxylic acid groups (broad SMARTS) is 2. The summed E-state index contributed by atoms with van der Waals surface area (Å²) in [5.74, 6) is -2.23. The second-order valence-corrected chi connectivity index (χ2v) is 2.50. The highest BCUT2D eigenvalue weighted by Gasteiger charge is 2.15. The average molecular weight is 184 g/mol. The van der Waals surface area contributed by atoms with Gasteiger partial charge in [-0.05, 0) is 13.0 Å². The molecule has 13 heavy (non-hydrogen) atoms. The van der Waals surface area contributed by atoms with Gasteiger partial charge in [-0.3, -0.25) is 4.68 Å². The minimum atomic E-state index is -1.17. The maximum atomic E-state index is 10.5. The van der Waals surface area contributed by atoms with E-state index in [9.17, 15) is 9.59 Å². The molecule has 1 rings (SSSR count). The van der Waals surface area contributed by atoms with Crippen LogP contribution in [-0.4, -0.2) is 31.9 Å². The first-order chi connectivity index (χ1) is 6.02. The van der Waals surface area contributed by atoms with E-state index in [0.29, 0.717) is 0 Å². The van der Waals surface area contributed by atoms with E-state index in [-0.39, 0.29) is 5.69 Å². The Labute approximate surface area is 73.4 Å². The summed E-state index contributed by atoms with van der Waals surface area (Å²) in [4.78, 5) is 20.9. The number of aromatic nitrogens is 2. The van der Waals surface area contributed by atoms with E-state index in [1.54, 1.807) is 0 Å². The van der Waals surface area contributed by atoms with Gasteiger partial charge in [-0.25, -0.2) is 9.59 Å². The lowest BCUT2D eigenvalue weighted by Gasteiger charge is -2.04. The third-order valence-corrected chi connectivity index (χ3v) is 1.58. The fourth-order valence-electron chi connectivity index (χ4n) is 0.781. The van der Waals surface area contributed by atoms with Gasteiger partial charge >= 0.3 is 11.9 Å². The molecule has 70 valence electrons. The lowest BCUT2D eigenvalue weighted by Crippen LogP contribution is -2.16. The highest BCUT2D eigenvalue weighted by atomic mass is 16.4. The van der Waals surface area contributed by atoms with Crippen molar-refractivity contribution in [2.24, 2.45) is 0 Å². The molecule has 0 aliphatic carbocycles. The van der Waals surface area contributed by atoms with Gasteiger partial charge in [0.1, 0.15) is 6.04 Å². The molecule has 6 nitrogen and oxygen atoms in total. The van der Waals surface area contributed by atoms with Crippen LogP contribution >= 0.6 is 0 Å². The van der Waals surface area contributed by atoms with Gasteiger partial charge in [0.25, 0.3) is 0 Å². The fourth-order valence-corrected chi connectivity index (χ4v) is 0.781. The Bertz CT molecular complexity index is 344. The van der Waals surface area contributed by atoms with Crippen molar-refractivity contribution >= 4 is 11.9 Å². The number of nitrogens with zero attached hydrogens (tertiary/aromatic N) is 2. The molecule has 0 radical (unpaired) electrons. The summed E-state index contributed by atoms with van der Waals surface area (Å²) in [6.07, 6.45) is 1.32. The molecule has 1 aromatic rings. The Balaban J connectivity index is 2.91. The largest absolute Gasteiger partial charge is 0.480 e. The summed E-state index contributed by atoms with van der Waals surface area (Å²) in [5.41, 5.74) is -0.159. The van der Waals surface area contributed by atoms with Crippen molar-refractivity contribution in [3.63, 3.8) is 0 Å². The van der Waals surface area contributed by atoms with Crippen LogP contribution in [0, 0.1) is 0 Å². The van der Waals surface area contributed by atoms with Gasteiger partial charge in [0.2, 0.25) is 0 Å². The van der Waals surface area contributed by atoms with E-state index in [1.807, 2.05) is 0 Å². The van der Waals surface area contributed by atoms with Crippen molar-refractivity contribution in [3.05, 3.63) is 18.0 Å². The maximum Gasteiger partial charge on any atom is 0.356 e. The molecule has 0 aliphatic rings. The minimum absolute atomic E-state index is 0.159. The van der Waals surface area contributed by atoms with Gasteiger partial charge in [-0.15, -0.1) is 0 Å². The zero-order chi connectivity index (χ0) is 10.0. The zero-order valence-electron chi connectivity index (χ0n) is 6.84. The second kappa shape index (κ2) is 3.26. The van der Waals surface area contributed by atoms with E-state index in [1.165, 1.54) is 19.2 Å². The highest BCUT2D eigenvalue weighted by Crippen LogP contribution is 2.05. The van der Waals surface area contributed by atoms with Crippen LogP contribution in [0.2, 0.25) is 0 Å². The van der Waals surface area contributed by atoms with Crippen molar-refractivity contribution in [1.29, 1.82) is 0 Å². The van der Waals surface area contributed by atoms with Crippen molar-refractivity contribution < 1.29 is 19.8 Å². The predicted molar refractivity (Wildman–Crippen MR) is 41.5 cm³/mol. The molecule has 0 fully saturated rings. The number of hydrogen-bond acceptors (Lipinski definition) is 3. The van der Waals surface area contributed by atoms with Crippen LogP contribution in [0.1, 0.15) is 23.5 Å². The van der Waals surface area contributed by atoms with Crippen LogP contribution in [0.5, 0.6) is 0 Å². The first kappa shape index (κ1) is 9.24. The second-order valence-electron chi connectivity index (χ2n) is 2.50. The fraction of sp³-hybridized carbons (Fsp3) is 0.286. The monoisotopic (exact) mass is 184 g/mol. The number of aliphatic carboxylic acids is 1. The normalized spacial score (nSPS) is 12.4. The molecule has 0 spiro atoms. The lowest BCUT2D eigenvalue weighted by atomic mass is 10.4. The molecule has 0 aliphatic heterocycles. The zero-order valence-corrected chi connectivity index (χ0v) is 6.84. The Hall–Kier alpha value is -1.85. The molecule has 6 heteroatoms. The molecule has 0 bridgehead atoms. The molecule has 1 aromatic heterocycles. The molecule has 1 heterocycles. The van der Waals surface area contributed by atoms with E-state index in [0.717, 1.165) is 4.68 Å². The lowest BCUT2D eigenvalue weighted by molar-refractivity contribution is -0.140. The first-order valence-electron chi connectivity index (χ1n) is 3.53. The van der Waals surface area contributed by atoms with E-state index in [2.05, 4.69) is 5.10 Å². The van der Waals surface area contributed by atoms with Crippen LogP contribution in [-0.2, 0) is 4.79 Å². The summed E-state index contributed by atoms with van der Waals surface area (Å²) < 4.78 is 1.09. The molecule has 0 saturated carbocycles. The van der Waals surface area contributed by atoms with Gasteiger partial charge in [0, 0.05) is 6.20 Å². The first-order valence-corrected chi connectivity index (χ1v) is 3.53. The van der Waals surface area contributed by atoms with Gasteiger partial charge in [0.15, 0.2) is 5.69 Å². The number of carbonyl (C=O) groups is 2. The Morgan fingerprint density at radius 1 is 1.54 bits per heavy atom. The van der Waals surface area contributed by atoms with Crippen molar-refractivity contribution in [1.82, 2.24) is 9.78 Å². The van der Waals surface area contributed by atoms with Gasteiger partial charge in [-0.1, -0.05) is 0 Å². The summed E-state index contributed by atoms with van der Waals surface area (Å²) in [6.45, 7) is 1.42. The third kappa shape index (κ3) is 1.84. The summed E-state index contributed by atoms with van der Waals surface area (Å²) in [5, 5.41) is 20.6. The highest BCUT2D eigenvalue weighted by molar-refractivity contribution is 5.85. The summed E-state index contributed by atoms with van der Waals surface area (Å²) >= 11 is 0. The number of hydrogen-bond donors (Lipinski definition) is 2. The number of rotatable bonds is 3. The topological polar surface area (TPSA) is 92.4 Å². The Morgan fingerprint density at radius 3 is 2.54 bits per heavy atom. The SMILES string of the molecule is C[C@@H](C(=O)O)n1ccc(C(=O)O)n1. The smallest absolute Gasteiger partial charge is 0.356 e. The summed E-state index contributed by atoms with van der Waals surface area (Å²) in [7, 11) is 0. The summed E-state index contributed by atoms with van der Waals surface area (Å²) in [6, 6.07) is 0.398. The molecule has 2 N–H and O–H groups in total. The average Bonchev–Trinajstić information content (AvgIpc) is 2.50. The molecule has 0 amide bonds. The molecular weight excluding hydrogens is 176 g/mol. The van der Waals surface area contributed by atoms with Gasteiger partial charge in [0.05, 0.1) is 0 Å². The van der Waals surface area contributed by atoms with Crippen LogP contribution in [0.25, 0.3) is 0 Å². The molecule has 1 atom stereocenters. The molecule has 0 saturated heterocycles. The Morgan fingerprint density at radius 2 is 2.15 bits per heavy atom. The third-order valence-electron chi connectivity index (χ3n) is 1.58. The number of carboxylic acids is 2. The predicted octanol–water partition coefficient (Wildman–Crippen LogP) is 0.227.